The first-order valence-corrected chi connectivity index (χ1v) is 7.47. The van der Waals surface area contributed by atoms with Gasteiger partial charge < -0.3 is 9.32 Å². The van der Waals surface area contributed by atoms with Crippen molar-refractivity contribution in [3.8, 4) is 10.8 Å². The molecule has 2 heterocycles. The minimum absolute atomic E-state index is 0.0880. The van der Waals surface area contributed by atoms with Gasteiger partial charge in [0.15, 0.2) is 0 Å². The Balaban J connectivity index is 1.71. The molecule has 0 fully saturated rings. The standard InChI is InChI=1S/C15H14N4O2S/c1-19(2)11-7-5-10(6-8-11)13(20)16-15-18-17-14(21-15)12-4-3-9-22-12/h3-9H,1-2H3,(H,16,18,20). The lowest BCUT2D eigenvalue weighted by atomic mass is 10.2. The fourth-order valence-electron chi connectivity index (χ4n) is 1.85. The minimum Gasteiger partial charge on any atom is -0.402 e. The Hall–Kier alpha value is -2.67. The molecule has 22 heavy (non-hydrogen) atoms. The molecule has 0 atom stereocenters. The summed E-state index contributed by atoms with van der Waals surface area (Å²) in [6.07, 6.45) is 0. The molecule has 0 spiro atoms. The van der Waals surface area contributed by atoms with Crippen LogP contribution in [0.2, 0.25) is 0 Å². The molecule has 0 aliphatic rings. The fourth-order valence-corrected chi connectivity index (χ4v) is 2.50. The van der Waals surface area contributed by atoms with Gasteiger partial charge in [0.2, 0.25) is 0 Å². The van der Waals surface area contributed by atoms with Crippen molar-refractivity contribution in [1.82, 2.24) is 10.2 Å². The van der Waals surface area contributed by atoms with E-state index >= 15 is 0 Å². The zero-order valence-electron chi connectivity index (χ0n) is 12.1. The quantitative estimate of drug-likeness (QED) is 0.801. The zero-order valence-corrected chi connectivity index (χ0v) is 12.9. The molecule has 0 radical (unpaired) electrons. The van der Waals surface area contributed by atoms with Gasteiger partial charge in [-0.15, -0.1) is 16.4 Å². The van der Waals surface area contributed by atoms with Gasteiger partial charge in [-0.05, 0) is 35.7 Å². The number of nitrogens with one attached hydrogen (secondary N) is 1. The number of aromatic nitrogens is 2. The maximum absolute atomic E-state index is 12.1. The van der Waals surface area contributed by atoms with Gasteiger partial charge in [0.1, 0.15) is 0 Å². The van der Waals surface area contributed by atoms with E-state index in [-0.39, 0.29) is 11.9 Å². The summed E-state index contributed by atoms with van der Waals surface area (Å²) in [4.78, 5) is 15.0. The number of nitrogens with zero attached hydrogens (tertiary/aromatic N) is 3. The van der Waals surface area contributed by atoms with Crippen LogP contribution in [0, 0.1) is 0 Å². The molecule has 0 saturated carbocycles. The molecule has 1 aromatic carbocycles. The van der Waals surface area contributed by atoms with Gasteiger partial charge in [0.05, 0.1) is 4.88 Å². The van der Waals surface area contributed by atoms with Crippen molar-refractivity contribution in [2.45, 2.75) is 0 Å². The van der Waals surface area contributed by atoms with Crippen LogP contribution in [0.25, 0.3) is 10.8 Å². The smallest absolute Gasteiger partial charge is 0.322 e. The normalized spacial score (nSPS) is 10.5. The van der Waals surface area contributed by atoms with Crippen molar-refractivity contribution in [2.24, 2.45) is 0 Å². The van der Waals surface area contributed by atoms with Crippen molar-refractivity contribution in [3.05, 3.63) is 47.3 Å². The monoisotopic (exact) mass is 314 g/mol. The molecular formula is C15H14N4O2S. The number of hydrogen-bond donors (Lipinski definition) is 1. The van der Waals surface area contributed by atoms with E-state index in [1.54, 1.807) is 12.1 Å². The SMILES string of the molecule is CN(C)c1ccc(C(=O)Nc2nnc(-c3cccs3)o2)cc1. The van der Waals surface area contributed by atoms with E-state index in [1.807, 2.05) is 48.6 Å². The number of hydrogen-bond acceptors (Lipinski definition) is 6. The maximum atomic E-state index is 12.1. The number of benzene rings is 1. The Morgan fingerprint density at radius 3 is 2.59 bits per heavy atom. The number of carbonyl (C=O) groups is 1. The first-order valence-electron chi connectivity index (χ1n) is 6.59. The number of rotatable bonds is 4. The van der Waals surface area contributed by atoms with E-state index in [1.165, 1.54) is 11.3 Å². The summed E-state index contributed by atoms with van der Waals surface area (Å²) in [6.45, 7) is 0. The molecule has 7 heteroatoms. The van der Waals surface area contributed by atoms with Gasteiger partial charge in [-0.2, -0.15) is 0 Å². The molecule has 0 bridgehead atoms. The van der Waals surface area contributed by atoms with Crippen LogP contribution >= 0.6 is 11.3 Å². The predicted molar refractivity (Wildman–Crippen MR) is 86.3 cm³/mol. The Kier molecular flexibility index (Phi) is 3.88. The van der Waals surface area contributed by atoms with Crippen LogP contribution in [0.1, 0.15) is 10.4 Å². The third-order valence-electron chi connectivity index (χ3n) is 3.02. The van der Waals surface area contributed by atoms with Gasteiger partial charge in [-0.3, -0.25) is 10.1 Å². The second-order valence-corrected chi connectivity index (χ2v) is 5.73. The molecule has 2 aromatic heterocycles. The molecule has 6 nitrogen and oxygen atoms in total. The molecule has 0 aliphatic carbocycles. The highest BCUT2D eigenvalue weighted by atomic mass is 32.1. The first-order chi connectivity index (χ1) is 10.6. The second kappa shape index (κ2) is 5.98. The van der Waals surface area contributed by atoms with E-state index in [0.717, 1.165) is 10.6 Å². The third-order valence-corrected chi connectivity index (χ3v) is 3.88. The number of carbonyl (C=O) groups excluding carboxylic acids is 1. The largest absolute Gasteiger partial charge is 0.402 e. The number of amides is 1. The van der Waals surface area contributed by atoms with Gasteiger partial charge in [-0.1, -0.05) is 11.2 Å². The molecule has 3 aromatic rings. The highest BCUT2D eigenvalue weighted by molar-refractivity contribution is 7.13. The maximum Gasteiger partial charge on any atom is 0.322 e. The summed E-state index contributed by atoms with van der Waals surface area (Å²) in [5.74, 6) is 0.111. The van der Waals surface area contributed by atoms with Crippen LogP contribution < -0.4 is 10.2 Å². The summed E-state index contributed by atoms with van der Waals surface area (Å²) in [6, 6.07) is 11.1. The van der Waals surface area contributed by atoms with Crippen molar-refractivity contribution >= 4 is 28.9 Å². The minimum atomic E-state index is -0.285. The predicted octanol–water partition coefficient (Wildman–Crippen LogP) is 3.12. The summed E-state index contributed by atoms with van der Waals surface area (Å²) in [5, 5.41) is 12.3. The van der Waals surface area contributed by atoms with Crippen molar-refractivity contribution in [3.63, 3.8) is 0 Å². The number of thiophene rings is 1. The van der Waals surface area contributed by atoms with Crippen LogP contribution in [0.15, 0.2) is 46.2 Å². The lowest BCUT2D eigenvalue weighted by Gasteiger charge is -2.12. The number of anilines is 2. The summed E-state index contributed by atoms with van der Waals surface area (Å²) in [5.41, 5.74) is 1.55. The molecule has 1 amide bonds. The summed E-state index contributed by atoms with van der Waals surface area (Å²) < 4.78 is 5.43. The van der Waals surface area contributed by atoms with Crippen LogP contribution in [-0.4, -0.2) is 30.2 Å². The molecule has 112 valence electrons. The van der Waals surface area contributed by atoms with Gasteiger partial charge >= 0.3 is 6.01 Å². The first kappa shape index (κ1) is 14.3. The molecule has 0 saturated heterocycles. The van der Waals surface area contributed by atoms with Crippen LogP contribution in [0.5, 0.6) is 0 Å². The van der Waals surface area contributed by atoms with Crippen LogP contribution in [-0.2, 0) is 0 Å². The highest BCUT2D eigenvalue weighted by Gasteiger charge is 2.13. The molecule has 1 N–H and O–H groups in total. The molecule has 0 aliphatic heterocycles. The van der Waals surface area contributed by atoms with Crippen molar-refractivity contribution in [2.75, 3.05) is 24.3 Å². The Morgan fingerprint density at radius 2 is 1.95 bits per heavy atom. The van der Waals surface area contributed by atoms with Crippen LogP contribution in [0.4, 0.5) is 11.7 Å². The van der Waals surface area contributed by atoms with Crippen LogP contribution in [0.3, 0.4) is 0 Å². The molecule has 3 rings (SSSR count). The van der Waals surface area contributed by atoms with E-state index in [9.17, 15) is 4.79 Å². The Morgan fingerprint density at radius 1 is 1.18 bits per heavy atom. The van der Waals surface area contributed by atoms with Gasteiger partial charge in [0.25, 0.3) is 11.8 Å². The Labute approximate surface area is 131 Å². The average molecular weight is 314 g/mol. The highest BCUT2D eigenvalue weighted by Crippen LogP contribution is 2.24. The molecular weight excluding hydrogens is 300 g/mol. The lowest BCUT2D eigenvalue weighted by Crippen LogP contribution is -2.13. The summed E-state index contributed by atoms with van der Waals surface area (Å²) in [7, 11) is 3.89. The van der Waals surface area contributed by atoms with Crippen molar-refractivity contribution in [1.29, 1.82) is 0 Å². The van der Waals surface area contributed by atoms with E-state index < -0.39 is 0 Å². The zero-order chi connectivity index (χ0) is 15.5. The van der Waals surface area contributed by atoms with Gasteiger partial charge in [-0.25, -0.2) is 0 Å². The van der Waals surface area contributed by atoms with E-state index in [4.69, 9.17) is 4.42 Å². The van der Waals surface area contributed by atoms with Crippen molar-refractivity contribution < 1.29 is 9.21 Å². The fraction of sp³-hybridized carbons (Fsp3) is 0.133. The second-order valence-electron chi connectivity index (χ2n) is 4.79. The third kappa shape index (κ3) is 2.99. The lowest BCUT2D eigenvalue weighted by molar-refractivity contribution is 0.102. The van der Waals surface area contributed by atoms with E-state index in [2.05, 4.69) is 15.5 Å². The topological polar surface area (TPSA) is 71.3 Å². The van der Waals surface area contributed by atoms with E-state index in [0.29, 0.717) is 11.5 Å². The molecule has 0 unspecified atom stereocenters. The van der Waals surface area contributed by atoms with Gasteiger partial charge in [0, 0.05) is 25.3 Å². The summed E-state index contributed by atoms with van der Waals surface area (Å²) >= 11 is 1.50. The Bertz CT molecular complexity index is 763. The average Bonchev–Trinajstić information content (AvgIpc) is 3.18.